The smallest absolute Gasteiger partial charge is 0.449 e. The highest BCUT2D eigenvalue weighted by Crippen LogP contribution is 2.30. The first-order valence-corrected chi connectivity index (χ1v) is 6.96. The van der Waals surface area contributed by atoms with Crippen molar-refractivity contribution >= 4 is 28.1 Å². The van der Waals surface area contributed by atoms with Crippen molar-refractivity contribution in [1.29, 1.82) is 0 Å². The highest BCUT2D eigenvalue weighted by molar-refractivity contribution is 6.04. The second-order valence-electron chi connectivity index (χ2n) is 5.16. The van der Waals surface area contributed by atoms with E-state index in [0.717, 1.165) is 6.07 Å². The second-order valence-corrected chi connectivity index (χ2v) is 5.16. The van der Waals surface area contributed by atoms with Crippen LogP contribution in [0.2, 0.25) is 0 Å². The molecule has 7 nitrogen and oxygen atoms in total. The molecule has 0 amide bonds. The molecule has 0 saturated heterocycles. The summed E-state index contributed by atoms with van der Waals surface area (Å²) in [6.45, 7) is 5.38. The zero-order chi connectivity index (χ0) is 17.4. The van der Waals surface area contributed by atoms with E-state index in [2.05, 4.69) is 11.3 Å². The average Bonchev–Trinajstić information content (AvgIpc) is 2.47. The normalized spacial score (nSPS) is 10.9. The highest BCUT2D eigenvalue weighted by atomic mass is 16.7. The fraction of sp³-hybridized carbons (Fsp3) is 0.118. The molecule has 0 atom stereocenters. The largest absolute Gasteiger partial charge is 0.513 e. The number of hydrogen-bond acceptors (Lipinski definition) is 6. The van der Waals surface area contributed by atoms with Crippen LogP contribution in [0.25, 0.3) is 21.9 Å². The summed E-state index contributed by atoms with van der Waals surface area (Å²) in [5.41, 5.74) is 0.273. The van der Waals surface area contributed by atoms with Crippen LogP contribution in [0.1, 0.15) is 11.1 Å². The van der Waals surface area contributed by atoms with E-state index >= 15 is 0 Å². The van der Waals surface area contributed by atoms with Gasteiger partial charge < -0.3 is 18.7 Å². The van der Waals surface area contributed by atoms with Crippen LogP contribution in [0.5, 0.6) is 5.95 Å². The number of ether oxygens (including phenoxy) is 1. The fourth-order valence-corrected chi connectivity index (χ4v) is 2.58. The van der Waals surface area contributed by atoms with E-state index in [0.29, 0.717) is 22.9 Å². The van der Waals surface area contributed by atoms with Gasteiger partial charge in [0.05, 0.1) is 6.07 Å². The van der Waals surface area contributed by atoms with Crippen LogP contribution in [0, 0.1) is 6.92 Å². The topological polar surface area (TPSA) is 107 Å². The van der Waals surface area contributed by atoms with Crippen molar-refractivity contribution in [3.05, 3.63) is 62.6 Å². The molecule has 7 heteroatoms. The molecule has 24 heavy (non-hydrogen) atoms. The van der Waals surface area contributed by atoms with E-state index in [4.69, 9.17) is 13.9 Å². The van der Waals surface area contributed by atoms with E-state index in [1.807, 2.05) is 0 Å². The van der Waals surface area contributed by atoms with Crippen LogP contribution in [-0.4, -0.2) is 11.3 Å². The molecule has 0 bridgehead atoms. The number of benzene rings is 1. The van der Waals surface area contributed by atoms with Crippen molar-refractivity contribution in [2.75, 3.05) is 0 Å². The molecule has 2 heterocycles. The number of fused-ring (bicyclic) bond motifs is 3. The Morgan fingerprint density at radius 3 is 2.67 bits per heavy atom. The monoisotopic (exact) mass is 328 g/mol. The number of hydrogen-bond donors (Lipinski definition) is 1. The molecule has 0 unspecified atom stereocenters. The quantitative estimate of drug-likeness (QED) is 0.341. The zero-order valence-electron chi connectivity index (χ0n) is 12.6. The molecule has 0 aliphatic heterocycles. The summed E-state index contributed by atoms with van der Waals surface area (Å²) < 4.78 is 15.0. The van der Waals surface area contributed by atoms with Crippen molar-refractivity contribution in [2.24, 2.45) is 0 Å². The van der Waals surface area contributed by atoms with Gasteiger partial charge in [-0.05, 0) is 25.0 Å². The standard InChI is InChI=1S/C17H12O7/c1-3-4-9-6-10-8(2)5-12(19)22-16(10)14-11(18)7-13(23-15(9)14)24-17(20)21/h3,5-7H,1,4H2,2H3,(H,20,21). The average molecular weight is 328 g/mol. The molecule has 122 valence electrons. The first-order chi connectivity index (χ1) is 11.4. The number of rotatable bonds is 3. The summed E-state index contributed by atoms with van der Waals surface area (Å²) >= 11 is 0. The Morgan fingerprint density at radius 2 is 2.00 bits per heavy atom. The summed E-state index contributed by atoms with van der Waals surface area (Å²) in [5.74, 6) is -0.459. The minimum atomic E-state index is -1.61. The first-order valence-electron chi connectivity index (χ1n) is 6.96. The lowest BCUT2D eigenvalue weighted by molar-refractivity contribution is 0.133. The van der Waals surface area contributed by atoms with Crippen LogP contribution in [-0.2, 0) is 6.42 Å². The Morgan fingerprint density at radius 1 is 1.25 bits per heavy atom. The van der Waals surface area contributed by atoms with Gasteiger partial charge in [-0.2, -0.15) is 0 Å². The number of aryl methyl sites for hydroxylation is 1. The molecule has 0 saturated carbocycles. The lowest BCUT2D eigenvalue weighted by atomic mass is 10.0. The van der Waals surface area contributed by atoms with Crippen molar-refractivity contribution in [2.45, 2.75) is 13.3 Å². The van der Waals surface area contributed by atoms with Gasteiger partial charge in [-0.1, -0.05) is 6.08 Å². The molecular formula is C17H12O7. The van der Waals surface area contributed by atoms with Crippen LogP contribution in [0.3, 0.4) is 0 Å². The van der Waals surface area contributed by atoms with E-state index in [9.17, 15) is 14.4 Å². The van der Waals surface area contributed by atoms with Crippen LogP contribution in [0.15, 0.2) is 49.3 Å². The van der Waals surface area contributed by atoms with Crippen molar-refractivity contribution < 1.29 is 23.5 Å². The van der Waals surface area contributed by atoms with Gasteiger partial charge in [-0.3, -0.25) is 4.79 Å². The minimum absolute atomic E-state index is 0.0582. The van der Waals surface area contributed by atoms with Gasteiger partial charge in [-0.25, -0.2) is 9.59 Å². The van der Waals surface area contributed by atoms with Gasteiger partial charge >= 0.3 is 11.8 Å². The fourth-order valence-electron chi connectivity index (χ4n) is 2.58. The summed E-state index contributed by atoms with van der Waals surface area (Å²) in [7, 11) is 0. The third-order valence-electron chi connectivity index (χ3n) is 3.52. The molecule has 0 spiro atoms. The van der Waals surface area contributed by atoms with Gasteiger partial charge in [-0.15, -0.1) is 6.58 Å². The lowest BCUT2D eigenvalue weighted by Gasteiger charge is -2.09. The Kier molecular flexibility index (Phi) is 3.69. The lowest BCUT2D eigenvalue weighted by Crippen LogP contribution is -2.09. The first kappa shape index (κ1) is 15.5. The number of carbonyl (C=O) groups is 1. The van der Waals surface area contributed by atoms with Crippen LogP contribution >= 0.6 is 0 Å². The van der Waals surface area contributed by atoms with E-state index < -0.39 is 23.2 Å². The summed E-state index contributed by atoms with van der Waals surface area (Å²) in [5, 5.41) is 9.34. The van der Waals surface area contributed by atoms with Gasteiger partial charge in [0.2, 0.25) is 5.43 Å². The molecule has 0 radical (unpaired) electrons. The molecule has 0 fully saturated rings. The molecule has 3 aromatic rings. The van der Waals surface area contributed by atoms with Crippen molar-refractivity contribution in [1.82, 2.24) is 0 Å². The number of allylic oxidation sites excluding steroid dienone is 1. The Hall–Kier alpha value is -3.35. The molecule has 1 aromatic carbocycles. The third kappa shape index (κ3) is 2.56. The predicted molar refractivity (Wildman–Crippen MR) is 85.8 cm³/mol. The maximum absolute atomic E-state index is 12.5. The van der Waals surface area contributed by atoms with Crippen LogP contribution < -0.4 is 15.8 Å². The van der Waals surface area contributed by atoms with E-state index in [-0.39, 0.29) is 16.6 Å². The van der Waals surface area contributed by atoms with E-state index in [1.54, 1.807) is 19.1 Å². The van der Waals surface area contributed by atoms with Gasteiger partial charge in [0.1, 0.15) is 11.0 Å². The maximum atomic E-state index is 12.5. The summed E-state index contributed by atoms with van der Waals surface area (Å²) in [6, 6.07) is 3.94. The van der Waals surface area contributed by atoms with Gasteiger partial charge in [0, 0.05) is 17.0 Å². The second kappa shape index (κ2) is 5.69. The number of carboxylic acid groups (broad SMARTS) is 1. The van der Waals surface area contributed by atoms with Gasteiger partial charge in [0.15, 0.2) is 5.58 Å². The zero-order valence-corrected chi connectivity index (χ0v) is 12.6. The van der Waals surface area contributed by atoms with Crippen molar-refractivity contribution in [3.63, 3.8) is 0 Å². The molecule has 0 aliphatic carbocycles. The SMILES string of the molecule is C=CCc1cc2c(C)cc(=O)oc2c2c(=O)cc(OC(=O)O)oc12. The Balaban J connectivity index is 2.52. The van der Waals surface area contributed by atoms with Gasteiger partial charge in [0.25, 0.3) is 5.95 Å². The molecule has 3 rings (SSSR count). The molecule has 1 N–H and O–H groups in total. The maximum Gasteiger partial charge on any atom is 0.513 e. The molecule has 2 aromatic heterocycles. The minimum Gasteiger partial charge on any atom is -0.449 e. The Bertz CT molecular complexity index is 1100. The predicted octanol–water partition coefficient (Wildman–Crippen LogP) is 2.99. The molecule has 0 aliphatic rings. The molecular weight excluding hydrogens is 316 g/mol. The third-order valence-corrected chi connectivity index (χ3v) is 3.52. The van der Waals surface area contributed by atoms with Crippen LogP contribution in [0.4, 0.5) is 4.79 Å². The summed E-state index contributed by atoms with van der Waals surface area (Å²) in [6.07, 6.45) is 0.371. The van der Waals surface area contributed by atoms with Crippen molar-refractivity contribution in [3.8, 4) is 5.95 Å². The Labute approximate surface area is 134 Å². The summed E-state index contributed by atoms with van der Waals surface area (Å²) in [4.78, 5) is 34.8. The van der Waals surface area contributed by atoms with E-state index in [1.165, 1.54) is 6.07 Å². The highest BCUT2D eigenvalue weighted by Gasteiger charge is 2.18.